The lowest BCUT2D eigenvalue weighted by atomic mass is 10.2. The van der Waals surface area contributed by atoms with E-state index in [0.29, 0.717) is 18.0 Å². The molecule has 0 bridgehead atoms. The van der Waals surface area contributed by atoms with Crippen LogP contribution in [-0.4, -0.2) is 38.8 Å². The first-order valence-electron chi connectivity index (χ1n) is 6.90. The number of benzene rings is 1. The smallest absolute Gasteiger partial charge is 0.243 e. The summed E-state index contributed by atoms with van der Waals surface area (Å²) in [6.07, 6.45) is 3.22. The van der Waals surface area contributed by atoms with Gasteiger partial charge in [-0.2, -0.15) is 4.31 Å². The molecule has 20 heavy (non-hydrogen) atoms. The Hall–Kier alpha value is -1.40. The number of carbonyl (C=O) groups is 1. The highest BCUT2D eigenvalue weighted by molar-refractivity contribution is 7.89. The molecule has 6 heteroatoms. The molecule has 5 nitrogen and oxygen atoms in total. The van der Waals surface area contributed by atoms with E-state index in [1.165, 1.54) is 0 Å². The van der Waals surface area contributed by atoms with Gasteiger partial charge in [-0.3, -0.25) is 4.79 Å². The topological polar surface area (TPSA) is 57.7 Å². The van der Waals surface area contributed by atoms with Crippen LogP contribution < -0.4 is 4.90 Å². The van der Waals surface area contributed by atoms with Crippen molar-refractivity contribution in [1.82, 2.24) is 4.31 Å². The van der Waals surface area contributed by atoms with Crippen LogP contribution >= 0.6 is 0 Å². The molecule has 0 saturated carbocycles. The number of likely N-dealkylation sites (N-methyl/N-ethyl adjacent to an activating group) is 1. The van der Waals surface area contributed by atoms with E-state index in [9.17, 15) is 13.2 Å². The summed E-state index contributed by atoms with van der Waals surface area (Å²) in [6.45, 7) is 1.19. The molecule has 0 spiro atoms. The molecule has 2 aliphatic rings. The van der Waals surface area contributed by atoms with Crippen LogP contribution in [0.2, 0.25) is 0 Å². The second-order valence-corrected chi connectivity index (χ2v) is 7.32. The third-order valence-electron chi connectivity index (χ3n) is 4.08. The largest absolute Gasteiger partial charge is 0.315 e. The molecule has 1 aromatic carbocycles. The van der Waals surface area contributed by atoms with E-state index >= 15 is 0 Å². The molecular weight excluding hydrogens is 276 g/mol. The fourth-order valence-electron chi connectivity index (χ4n) is 2.86. The van der Waals surface area contributed by atoms with Crippen molar-refractivity contribution in [2.75, 3.05) is 25.0 Å². The zero-order chi connectivity index (χ0) is 14.3. The van der Waals surface area contributed by atoms with Crippen molar-refractivity contribution >= 4 is 21.6 Å². The summed E-state index contributed by atoms with van der Waals surface area (Å²) in [4.78, 5) is 13.5. The van der Waals surface area contributed by atoms with Gasteiger partial charge in [0, 0.05) is 25.8 Å². The van der Waals surface area contributed by atoms with E-state index < -0.39 is 10.0 Å². The van der Waals surface area contributed by atoms with E-state index in [4.69, 9.17) is 0 Å². The zero-order valence-corrected chi connectivity index (χ0v) is 12.3. The second-order valence-electron chi connectivity index (χ2n) is 5.38. The van der Waals surface area contributed by atoms with Crippen LogP contribution in [0.3, 0.4) is 0 Å². The molecule has 0 radical (unpaired) electrons. The average Bonchev–Trinajstić information content (AvgIpc) is 2.74. The number of hydrogen-bond acceptors (Lipinski definition) is 3. The summed E-state index contributed by atoms with van der Waals surface area (Å²) in [5.41, 5.74) is 1.61. The number of nitrogens with zero attached hydrogens (tertiary/aromatic N) is 2. The Morgan fingerprint density at radius 3 is 2.50 bits per heavy atom. The van der Waals surface area contributed by atoms with Gasteiger partial charge >= 0.3 is 0 Å². The summed E-state index contributed by atoms with van der Waals surface area (Å²) in [5, 5.41) is 0. The number of fused-ring (bicyclic) bond motifs is 1. The quantitative estimate of drug-likeness (QED) is 0.828. The lowest BCUT2D eigenvalue weighted by Crippen LogP contribution is -2.35. The molecule has 1 saturated heterocycles. The Labute approximate surface area is 119 Å². The van der Waals surface area contributed by atoms with Crippen LogP contribution in [0, 0.1) is 0 Å². The van der Waals surface area contributed by atoms with Gasteiger partial charge < -0.3 is 4.90 Å². The first-order valence-corrected chi connectivity index (χ1v) is 8.34. The van der Waals surface area contributed by atoms with Gasteiger partial charge in [0.25, 0.3) is 0 Å². The van der Waals surface area contributed by atoms with Gasteiger partial charge in [0.15, 0.2) is 0 Å². The summed E-state index contributed by atoms with van der Waals surface area (Å²) in [5.74, 6) is 0.00696. The highest BCUT2D eigenvalue weighted by Crippen LogP contribution is 2.31. The summed E-state index contributed by atoms with van der Waals surface area (Å²) < 4.78 is 26.7. The maximum atomic E-state index is 12.6. The maximum absolute atomic E-state index is 12.6. The molecule has 3 rings (SSSR count). The van der Waals surface area contributed by atoms with E-state index in [1.54, 1.807) is 34.5 Å². The zero-order valence-electron chi connectivity index (χ0n) is 11.5. The van der Waals surface area contributed by atoms with Gasteiger partial charge in [-0.1, -0.05) is 6.42 Å². The van der Waals surface area contributed by atoms with Crippen molar-refractivity contribution in [2.24, 2.45) is 0 Å². The van der Waals surface area contributed by atoms with Crippen molar-refractivity contribution in [3.8, 4) is 0 Å². The fourth-order valence-corrected chi connectivity index (χ4v) is 4.43. The lowest BCUT2D eigenvalue weighted by molar-refractivity contribution is -0.117. The number of sulfonamides is 1. The number of anilines is 1. The lowest BCUT2D eigenvalue weighted by Gasteiger charge is -2.26. The van der Waals surface area contributed by atoms with Crippen molar-refractivity contribution in [3.63, 3.8) is 0 Å². The maximum Gasteiger partial charge on any atom is 0.243 e. The Morgan fingerprint density at radius 1 is 1.10 bits per heavy atom. The highest BCUT2D eigenvalue weighted by atomic mass is 32.2. The molecule has 0 aliphatic carbocycles. The molecule has 1 fully saturated rings. The van der Waals surface area contributed by atoms with Crippen LogP contribution in [0.4, 0.5) is 5.69 Å². The Morgan fingerprint density at radius 2 is 1.80 bits per heavy atom. The summed E-state index contributed by atoms with van der Waals surface area (Å²) in [6, 6.07) is 5.00. The van der Waals surface area contributed by atoms with Crippen molar-refractivity contribution in [3.05, 3.63) is 23.8 Å². The van der Waals surface area contributed by atoms with Gasteiger partial charge in [0.05, 0.1) is 11.3 Å². The number of piperidine rings is 1. The van der Waals surface area contributed by atoms with E-state index in [1.807, 2.05) is 0 Å². The minimum absolute atomic E-state index is 0.00696. The minimum Gasteiger partial charge on any atom is -0.315 e. The van der Waals surface area contributed by atoms with E-state index in [-0.39, 0.29) is 12.3 Å². The van der Waals surface area contributed by atoms with Crippen molar-refractivity contribution in [1.29, 1.82) is 0 Å². The molecule has 0 aromatic heterocycles. The highest BCUT2D eigenvalue weighted by Gasteiger charge is 2.29. The van der Waals surface area contributed by atoms with Crippen LogP contribution in [0.1, 0.15) is 24.8 Å². The fraction of sp³-hybridized carbons (Fsp3) is 0.500. The third kappa shape index (κ3) is 2.13. The first-order chi connectivity index (χ1) is 9.50. The van der Waals surface area contributed by atoms with Crippen LogP contribution in [-0.2, 0) is 21.2 Å². The van der Waals surface area contributed by atoms with Gasteiger partial charge in [-0.15, -0.1) is 0 Å². The number of hydrogen-bond donors (Lipinski definition) is 0. The van der Waals surface area contributed by atoms with E-state index in [0.717, 1.165) is 30.5 Å². The van der Waals surface area contributed by atoms with Gasteiger partial charge in [0.2, 0.25) is 15.9 Å². The van der Waals surface area contributed by atoms with Crippen LogP contribution in [0.15, 0.2) is 23.1 Å². The van der Waals surface area contributed by atoms with Crippen molar-refractivity contribution in [2.45, 2.75) is 30.6 Å². The minimum atomic E-state index is -3.42. The Bertz CT molecular complexity index is 648. The molecule has 2 heterocycles. The number of rotatable bonds is 2. The summed E-state index contributed by atoms with van der Waals surface area (Å²) >= 11 is 0. The molecule has 2 aliphatic heterocycles. The predicted octanol–water partition coefficient (Wildman–Crippen LogP) is 1.38. The van der Waals surface area contributed by atoms with Crippen LogP contribution in [0.5, 0.6) is 0 Å². The normalized spacial score (nSPS) is 20.2. The van der Waals surface area contributed by atoms with Crippen molar-refractivity contribution < 1.29 is 13.2 Å². The SMILES string of the molecule is CN1C(=O)Cc2cc(S(=O)(=O)N3CCCCC3)ccc21. The molecule has 0 N–H and O–H groups in total. The molecule has 1 aromatic rings. The predicted molar refractivity (Wildman–Crippen MR) is 76.2 cm³/mol. The Kier molecular flexibility index (Phi) is 3.30. The first kappa shape index (κ1) is 13.6. The molecule has 1 amide bonds. The van der Waals surface area contributed by atoms with E-state index in [2.05, 4.69) is 0 Å². The van der Waals surface area contributed by atoms with Gasteiger partial charge in [-0.05, 0) is 36.6 Å². The molecule has 0 atom stereocenters. The monoisotopic (exact) mass is 294 g/mol. The standard InChI is InChI=1S/C14H18N2O3S/c1-15-13-6-5-12(9-11(13)10-14(15)17)20(18,19)16-7-3-2-4-8-16/h5-6,9H,2-4,7-8,10H2,1H3. The number of amides is 1. The van der Waals surface area contributed by atoms with Gasteiger partial charge in [-0.25, -0.2) is 8.42 Å². The average molecular weight is 294 g/mol. The van der Waals surface area contributed by atoms with Crippen LogP contribution in [0.25, 0.3) is 0 Å². The molecule has 0 unspecified atom stereocenters. The Balaban J connectivity index is 1.95. The summed E-state index contributed by atoms with van der Waals surface area (Å²) in [7, 11) is -1.70. The van der Waals surface area contributed by atoms with Gasteiger partial charge in [0.1, 0.15) is 0 Å². The number of carbonyl (C=O) groups excluding carboxylic acids is 1. The molecular formula is C14H18N2O3S. The second kappa shape index (κ2) is 4.86. The third-order valence-corrected chi connectivity index (χ3v) is 5.98. The molecule has 108 valence electrons.